The molecule has 5 unspecified atom stereocenters. The van der Waals surface area contributed by atoms with Gasteiger partial charge in [-0.05, 0) is 38.5 Å². The molecule has 15 heteroatoms. The van der Waals surface area contributed by atoms with Crippen LogP contribution in [0, 0.1) is 5.92 Å². The van der Waals surface area contributed by atoms with Crippen LogP contribution in [0.25, 0.3) is 0 Å². The summed E-state index contributed by atoms with van der Waals surface area (Å²) in [6, 6.07) is -5.07. The highest BCUT2D eigenvalue weighted by atomic mass is 16.4. The lowest BCUT2D eigenvalue weighted by atomic mass is 10.0. The number of aliphatic hydroxyl groups is 1. The summed E-state index contributed by atoms with van der Waals surface area (Å²) in [5, 5.41) is 26.4. The van der Waals surface area contributed by atoms with Gasteiger partial charge in [-0.15, -0.1) is 0 Å². The number of nitrogens with zero attached hydrogens (tertiary/aromatic N) is 1. The molecule has 0 saturated carbocycles. The van der Waals surface area contributed by atoms with Gasteiger partial charge in [0.1, 0.15) is 18.1 Å². The van der Waals surface area contributed by atoms with E-state index < -0.39 is 59.9 Å². The van der Waals surface area contributed by atoms with E-state index in [1.165, 1.54) is 6.92 Å². The highest BCUT2D eigenvalue weighted by Gasteiger charge is 2.32. The first-order chi connectivity index (χ1) is 16.6. The predicted octanol–water partition coefficient (Wildman–Crippen LogP) is -3.40. The van der Waals surface area contributed by atoms with Crippen LogP contribution in [-0.2, 0) is 24.0 Å². The van der Waals surface area contributed by atoms with Crippen LogP contribution in [0.2, 0.25) is 0 Å². The summed E-state index contributed by atoms with van der Waals surface area (Å²) in [6.45, 7) is 5.15. The van der Waals surface area contributed by atoms with Gasteiger partial charge in [-0.3, -0.25) is 24.2 Å². The molecule has 0 saturated heterocycles. The molecule has 0 aliphatic rings. The molecule has 0 aromatic rings. The van der Waals surface area contributed by atoms with Crippen molar-refractivity contribution in [1.29, 1.82) is 0 Å². The number of amides is 4. The molecule has 13 N–H and O–H groups in total. The molecule has 0 aliphatic heterocycles. The number of aliphatic hydroxyl groups excluding tert-OH is 1. The lowest BCUT2D eigenvalue weighted by Gasteiger charge is -2.26. The molecule has 0 rings (SSSR count). The minimum Gasteiger partial charge on any atom is -0.480 e. The Labute approximate surface area is 209 Å². The van der Waals surface area contributed by atoms with Crippen molar-refractivity contribution in [3.63, 3.8) is 0 Å². The van der Waals surface area contributed by atoms with Crippen molar-refractivity contribution >= 4 is 35.6 Å². The molecule has 0 bridgehead atoms. The Bertz CT molecular complexity index is 799. The van der Waals surface area contributed by atoms with E-state index in [2.05, 4.69) is 20.9 Å². The summed E-state index contributed by atoms with van der Waals surface area (Å²) in [6.07, 6.45) is -1.28. The number of rotatable bonds is 17. The number of nitrogens with one attached hydrogen (secondary N) is 3. The summed E-state index contributed by atoms with van der Waals surface area (Å²) < 4.78 is 0. The van der Waals surface area contributed by atoms with Crippen LogP contribution in [0.4, 0.5) is 0 Å². The minimum absolute atomic E-state index is 0.0766. The third kappa shape index (κ3) is 13.4. The number of carboxylic acids is 1. The summed E-state index contributed by atoms with van der Waals surface area (Å²) in [4.78, 5) is 64.4. The van der Waals surface area contributed by atoms with Crippen LogP contribution < -0.4 is 38.9 Å². The Balaban J connectivity index is 5.53. The number of aliphatic carboxylic acids is 1. The Morgan fingerprint density at radius 1 is 0.861 bits per heavy atom. The first-order valence-electron chi connectivity index (χ1n) is 11.6. The number of guanidine groups is 1. The van der Waals surface area contributed by atoms with Gasteiger partial charge in [0.05, 0.1) is 12.1 Å². The lowest BCUT2D eigenvalue weighted by Crippen LogP contribution is -2.59. The fourth-order valence-electron chi connectivity index (χ4n) is 3.13. The number of aliphatic imine (C=N–C) groups is 1. The third-order valence-electron chi connectivity index (χ3n) is 5.00. The molecular formula is C21H40N8O7. The van der Waals surface area contributed by atoms with Gasteiger partial charge in [-0.25, -0.2) is 4.79 Å². The van der Waals surface area contributed by atoms with Crippen molar-refractivity contribution < 1.29 is 34.2 Å². The van der Waals surface area contributed by atoms with Gasteiger partial charge < -0.3 is 49.1 Å². The average Bonchev–Trinajstić information content (AvgIpc) is 2.75. The molecule has 0 heterocycles. The molecule has 0 aliphatic carbocycles. The Hall–Kier alpha value is -3.46. The lowest BCUT2D eigenvalue weighted by molar-refractivity contribution is -0.143. The second-order valence-electron chi connectivity index (χ2n) is 8.88. The van der Waals surface area contributed by atoms with Crippen LogP contribution >= 0.6 is 0 Å². The molecule has 0 spiro atoms. The van der Waals surface area contributed by atoms with Crippen molar-refractivity contribution in [3.8, 4) is 0 Å². The second kappa shape index (κ2) is 16.3. The van der Waals surface area contributed by atoms with Gasteiger partial charge in [0.2, 0.25) is 23.6 Å². The Morgan fingerprint density at radius 3 is 1.92 bits per heavy atom. The maximum Gasteiger partial charge on any atom is 0.326 e. The molecular weight excluding hydrogens is 476 g/mol. The Kier molecular flexibility index (Phi) is 14.7. The zero-order chi connectivity index (χ0) is 28.0. The number of hydrogen-bond donors (Lipinski definition) is 9. The smallest absolute Gasteiger partial charge is 0.326 e. The number of carboxylic acid groups (broad SMARTS) is 1. The summed E-state index contributed by atoms with van der Waals surface area (Å²) in [7, 11) is 0. The Morgan fingerprint density at radius 2 is 1.44 bits per heavy atom. The van der Waals surface area contributed by atoms with Gasteiger partial charge in [0.25, 0.3) is 0 Å². The molecule has 0 fully saturated rings. The maximum atomic E-state index is 13.0. The molecule has 0 aromatic carbocycles. The maximum absolute atomic E-state index is 13.0. The molecule has 36 heavy (non-hydrogen) atoms. The van der Waals surface area contributed by atoms with Crippen LogP contribution in [-0.4, -0.2) is 82.6 Å². The number of carbonyl (C=O) groups is 5. The quantitative estimate of drug-likeness (QED) is 0.0524. The van der Waals surface area contributed by atoms with E-state index in [-0.39, 0.29) is 44.1 Å². The van der Waals surface area contributed by atoms with E-state index in [1.54, 1.807) is 0 Å². The SMILES string of the molecule is CC(C)CC(N)C(=O)NC(CCCN=C(N)N)C(=O)NC(C(=O)NC(CCC(N)=O)C(=O)O)C(C)O. The molecule has 4 amide bonds. The van der Waals surface area contributed by atoms with E-state index >= 15 is 0 Å². The van der Waals surface area contributed by atoms with E-state index in [4.69, 9.17) is 22.9 Å². The van der Waals surface area contributed by atoms with Gasteiger partial charge in [-0.2, -0.15) is 0 Å². The number of carbonyl (C=O) groups excluding carboxylic acids is 4. The number of primary amides is 1. The summed E-state index contributed by atoms with van der Waals surface area (Å²) in [5.74, 6) is -4.60. The van der Waals surface area contributed by atoms with Crippen LogP contribution in [0.3, 0.4) is 0 Å². The zero-order valence-corrected chi connectivity index (χ0v) is 20.9. The largest absolute Gasteiger partial charge is 0.480 e. The standard InChI is InChI=1S/C21H40N8O7/c1-10(2)9-12(22)17(32)27-13(5-4-8-26-21(24)25)18(33)29-16(11(3)30)19(34)28-14(20(35)36)6-7-15(23)31/h10-14,16,30H,4-9,22H2,1-3H3,(H2,23,31)(H,27,32)(H,28,34)(H,29,33)(H,35,36)(H4,24,25,26). The van der Waals surface area contributed by atoms with Crippen LogP contribution in [0.1, 0.15) is 52.9 Å². The van der Waals surface area contributed by atoms with Gasteiger partial charge in [0.15, 0.2) is 5.96 Å². The van der Waals surface area contributed by atoms with Crippen molar-refractivity contribution in [2.75, 3.05) is 6.54 Å². The van der Waals surface area contributed by atoms with Crippen molar-refractivity contribution in [3.05, 3.63) is 0 Å². The van der Waals surface area contributed by atoms with Gasteiger partial charge >= 0.3 is 5.97 Å². The molecule has 206 valence electrons. The minimum atomic E-state index is -1.56. The van der Waals surface area contributed by atoms with E-state index in [0.717, 1.165) is 0 Å². The second-order valence-corrected chi connectivity index (χ2v) is 8.88. The van der Waals surface area contributed by atoms with Gasteiger partial charge in [0, 0.05) is 13.0 Å². The topological polar surface area (TPSA) is 278 Å². The highest BCUT2D eigenvalue weighted by molar-refractivity contribution is 5.94. The van der Waals surface area contributed by atoms with Crippen LogP contribution in [0.5, 0.6) is 0 Å². The van der Waals surface area contributed by atoms with Crippen LogP contribution in [0.15, 0.2) is 4.99 Å². The average molecular weight is 517 g/mol. The van der Waals surface area contributed by atoms with Crippen molar-refractivity contribution in [2.24, 2.45) is 33.8 Å². The van der Waals surface area contributed by atoms with E-state index in [9.17, 15) is 34.2 Å². The number of nitrogens with two attached hydrogens (primary N) is 4. The fraction of sp³-hybridized carbons (Fsp3) is 0.714. The number of hydrogen-bond acceptors (Lipinski definition) is 8. The normalized spacial score (nSPS) is 15.1. The van der Waals surface area contributed by atoms with E-state index in [1.807, 2.05) is 13.8 Å². The van der Waals surface area contributed by atoms with Crippen molar-refractivity contribution in [2.45, 2.75) is 83.1 Å². The molecule has 15 nitrogen and oxygen atoms in total. The summed E-state index contributed by atoms with van der Waals surface area (Å²) in [5.41, 5.74) is 21.5. The predicted molar refractivity (Wildman–Crippen MR) is 131 cm³/mol. The first kappa shape index (κ1) is 32.5. The fourth-order valence-corrected chi connectivity index (χ4v) is 3.13. The molecule has 0 radical (unpaired) electrons. The van der Waals surface area contributed by atoms with Gasteiger partial charge in [-0.1, -0.05) is 13.8 Å². The molecule has 0 aromatic heterocycles. The third-order valence-corrected chi connectivity index (χ3v) is 5.00. The molecule has 5 atom stereocenters. The van der Waals surface area contributed by atoms with E-state index in [0.29, 0.717) is 6.42 Å². The first-order valence-corrected chi connectivity index (χ1v) is 11.6. The zero-order valence-electron chi connectivity index (χ0n) is 20.9. The summed E-state index contributed by atoms with van der Waals surface area (Å²) >= 11 is 0. The van der Waals surface area contributed by atoms with Crippen molar-refractivity contribution in [1.82, 2.24) is 16.0 Å². The monoisotopic (exact) mass is 516 g/mol. The highest BCUT2D eigenvalue weighted by Crippen LogP contribution is 2.07.